The van der Waals surface area contributed by atoms with Gasteiger partial charge in [0.05, 0.1) is 22.1 Å². The van der Waals surface area contributed by atoms with Crippen LogP contribution in [0.25, 0.3) is 0 Å². The van der Waals surface area contributed by atoms with Gasteiger partial charge in [0, 0.05) is 24.7 Å². The number of halogens is 1. The molecule has 0 saturated carbocycles. The molecule has 2 aromatic heterocycles. The summed E-state index contributed by atoms with van der Waals surface area (Å²) in [6.07, 6.45) is 0. The fraction of sp³-hybridized carbons (Fsp3) is 0.357. The Morgan fingerprint density at radius 2 is 2.05 bits per heavy atom. The summed E-state index contributed by atoms with van der Waals surface area (Å²) in [6.45, 7) is 3.87. The van der Waals surface area contributed by atoms with Crippen LogP contribution in [-0.2, 0) is 18.4 Å². The minimum atomic E-state index is -0.543. The summed E-state index contributed by atoms with van der Waals surface area (Å²) in [5.74, 6) is -1.07. The van der Waals surface area contributed by atoms with Crippen LogP contribution >= 0.6 is 22.9 Å². The molecule has 0 radical (unpaired) electrons. The van der Waals surface area contributed by atoms with E-state index >= 15 is 0 Å². The number of carbonyl (C=O) groups excluding carboxylic acids is 2. The standard InChI is InChI=1S/C14H16ClN3O2S/c1-8-12(9(2)18(4)16-8)13(19)14(20)17(3)7-10-5-6-11(15)21-10/h5-6H,7H2,1-4H3. The first-order valence-corrected chi connectivity index (χ1v) is 7.55. The van der Waals surface area contributed by atoms with E-state index in [2.05, 4.69) is 5.10 Å². The van der Waals surface area contributed by atoms with Crippen molar-refractivity contribution in [2.75, 3.05) is 7.05 Å². The van der Waals surface area contributed by atoms with Crippen molar-refractivity contribution in [3.05, 3.63) is 38.3 Å². The summed E-state index contributed by atoms with van der Waals surface area (Å²) in [7, 11) is 3.36. The van der Waals surface area contributed by atoms with E-state index in [1.165, 1.54) is 16.2 Å². The van der Waals surface area contributed by atoms with Gasteiger partial charge in [0.2, 0.25) is 0 Å². The van der Waals surface area contributed by atoms with E-state index < -0.39 is 11.7 Å². The van der Waals surface area contributed by atoms with Gasteiger partial charge in [-0.05, 0) is 26.0 Å². The number of hydrogen-bond donors (Lipinski definition) is 0. The molecule has 7 heteroatoms. The van der Waals surface area contributed by atoms with Gasteiger partial charge in [-0.2, -0.15) is 5.10 Å². The molecule has 0 atom stereocenters. The van der Waals surface area contributed by atoms with E-state index in [0.29, 0.717) is 27.8 Å². The van der Waals surface area contributed by atoms with E-state index in [9.17, 15) is 9.59 Å². The summed E-state index contributed by atoms with van der Waals surface area (Å²) in [5, 5.41) is 4.17. The largest absolute Gasteiger partial charge is 0.334 e. The van der Waals surface area contributed by atoms with Gasteiger partial charge < -0.3 is 4.90 Å². The Labute approximate surface area is 132 Å². The SMILES string of the molecule is Cc1nn(C)c(C)c1C(=O)C(=O)N(C)Cc1ccc(Cl)s1. The Morgan fingerprint density at radius 3 is 2.52 bits per heavy atom. The highest BCUT2D eigenvalue weighted by atomic mass is 35.5. The van der Waals surface area contributed by atoms with Gasteiger partial charge in [0.1, 0.15) is 0 Å². The molecule has 0 unspecified atom stereocenters. The number of ketones is 1. The lowest BCUT2D eigenvalue weighted by Crippen LogP contribution is -2.33. The van der Waals surface area contributed by atoms with Crippen LogP contribution in [-0.4, -0.2) is 33.4 Å². The third kappa shape index (κ3) is 3.16. The topological polar surface area (TPSA) is 55.2 Å². The van der Waals surface area contributed by atoms with Crippen LogP contribution in [0.5, 0.6) is 0 Å². The average molecular weight is 326 g/mol. The summed E-state index contributed by atoms with van der Waals surface area (Å²) in [6, 6.07) is 3.62. The van der Waals surface area contributed by atoms with Gasteiger partial charge in [0.25, 0.3) is 11.7 Å². The zero-order valence-corrected chi connectivity index (χ0v) is 13.9. The maximum atomic E-state index is 12.4. The molecule has 0 aliphatic rings. The number of Topliss-reactive ketones (excluding diaryl/α,β-unsaturated/α-hetero) is 1. The number of nitrogens with zero attached hydrogens (tertiary/aromatic N) is 3. The van der Waals surface area contributed by atoms with Crippen LogP contribution in [0, 0.1) is 13.8 Å². The van der Waals surface area contributed by atoms with E-state index in [0.717, 1.165) is 4.88 Å². The van der Waals surface area contributed by atoms with E-state index in [-0.39, 0.29) is 0 Å². The molecule has 112 valence electrons. The molecular weight excluding hydrogens is 310 g/mol. The van der Waals surface area contributed by atoms with Crippen molar-refractivity contribution in [2.24, 2.45) is 7.05 Å². The van der Waals surface area contributed by atoms with Crippen LogP contribution in [0.15, 0.2) is 12.1 Å². The van der Waals surface area contributed by atoms with Crippen LogP contribution in [0.2, 0.25) is 4.34 Å². The Kier molecular flexibility index (Phi) is 4.49. The highest BCUT2D eigenvalue weighted by Gasteiger charge is 2.26. The molecule has 0 fully saturated rings. The fourth-order valence-electron chi connectivity index (χ4n) is 2.12. The molecule has 0 spiro atoms. The second kappa shape index (κ2) is 5.99. The van der Waals surface area contributed by atoms with Crippen molar-refractivity contribution in [1.82, 2.24) is 14.7 Å². The van der Waals surface area contributed by atoms with Crippen molar-refractivity contribution in [3.8, 4) is 0 Å². The first kappa shape index (κ1) is 15.7. The van der Waals surface area contributed by atoms with E-state index in [1.54, 1.807) is 38.7 Å². The average Bonchev–Trinajstić information content (AvgIpc) is 2.92. The predicted molar refractivity (Wildman–Crippen MR) is 82.8 cm³/mol. The van der Waals surface area contributed by atoms with Gasteiger partial charge >= 0.3 is 0 Å². The molecule has 0 N–H and O–H groups in total. The minimum absolute atomic E-state index is 0.361. The first-order valence-electron chi connectivity index (χ1n) is 6.35. The maximum absolute atomic E-state index is 12.4. The van der Waals surface area contributed by atoms with Crippen molar-refractivity contribution >= 4 is 34.6 Å². The quantitative estimate of drug-likeness (QED) is 0.641. The molecule has 0 aromatic carbocycles. The molecule has 0 aliphatic heterocycles. The molecule has 2 aromatic rings. The van der Waals surface area contributed by atoms with Crippen molar-refractivity contribution in [3.63, 3.8) is 0 Å². The Hall–Kier alpha value is -1.66. The normalized spacial score (nSPS) is 10.7. The van der Waals surface area contributed by atoms with Crippen molar-refractivity contribution < 1.29 is 9.59 Å². The lowest BCUT2D eigenvalue weighted by Gasteiger charge is -2.15. The molecule has 0 aliphatic carbocycles. The number of hydrogen-bond acceptors (Lipinski definition) is 4. The molecule has 2 rings (SSSR count). The number of thiophene rings is 1. The predicted octanol–water partition coefficient (Wildman–Crippen LogP) is 2.59. The second-order valence-electron chi connectivity index (χ2n) is 4.87. The summed E-state index contributed by atoms with van der Waals surface area (Å²) < 4.78 is 2.27. The molecule has 21 heavy (non-hydrogen) atoms. The highest BCUT2D eigenvalue weighted by molar-refractivity contribution is 7.16. The number of likely N-dealkylation sites (N-methyl/N-ethyl adjacent to an activating group) is 1. The molecular formula is C14H16ClN3O2S. The first-order chi connectivity index (χ1) is 9.81. The van der Waals surface area contributed by atoms with Crippen molar-refractivity contribution in [2.45, 2.75) is 20.4 Å². The summed E-state index contributed by atoms with van der Waals surface area (Å²) >= 11 is 7.26. The molecule has 0 bridgehead atoms. The zero-order valence-electron chi connectivity index (χ0n) is 12.3. The summed E-state index contributed by atoms with van der Waals surface area (Å²) in [5.41, 5.74) is 1.65. The van der Waals surface area contributed by atoms with E-state index in [1.807, 2.05) is 6.07 Å². The third-order valence-electron chi connectivity index (χ3n) is 3.30. The zero-order chi connectivity index (χ0) is 15.7. The van der Waals surface area contributed by atoms with Crippen LogP contribution in [0.3, 0.4) is 0 Å². The van der Waals surface area contributed by atoms with Crippen molar-refractivity contribution in [1.29, 1.82) is 0 Å². The Morgan fingerprint density at radius 1 is 1.38 bits per heavy atom. The smallest absolute Gasteiger partial charge is 0.295 e. The Balaban J connectivity index is 2.17. The number of aromatic nitrogens is 2. The number of amides is 1. The molecule has 2 heterocycles. The molecule has 0 saturated heterocycles. The number of rotatable bonds is 4. The second-order valence-corrected chi connectivity index (χ2v) is 6.67. The van der Waals surface area contributed by atoms with Crippen LogP contribution < -0.4 is 0 Å². The van der Waals surface area contributed by atoms with Gasteiger partial charge in [-0.3, -0.25) is 14.3 Å². The fourth-order valence-corrected chi connectivity index (χ4v) is 3.27. The van der Waals surface area contributed by atoms with Gasteiger partial charge in [-0.15, -0.1) is 11.3 Å². The van der Waals surface area contributed by atoms with E-state index in [4.69, 9.17) is 11.6 Å². The van der Waals surface area contributed by atoms with Gasteiger partial charge in [-0.25, -0.2) is 0 Å². The Bertz CT molecular complexity index is 705. The highest BCUT2D eigenvalue weighted by Crippen LogP contribution is 2.23. The lowest BCUT2D eigenvalue weighted by atomic mass is 10.1. The molecule has 1 amide bonds. The van der Waals surface area contributed by atoms with Gasteiger partial charge in [-0.1, -0.05) is 11.6 Å². The lowest BCUT2D eigenvalue weighted by molar-refractivity contribution is -0.125. The summed E-state index contributed by atoms with van der Waals surface area (Å²) in [4.78, 5) is 27.0. The third-order valence-corrected chi connectivity index (χ3v) is 4.51. The van der Waals surface area contributed by atoms with Crippen LogP contribution in [0.4, 0.5) is 0 Å². The minimum Gasteiger partial charge on any atom is -0.334 e. The molecule has 5 nitrogen and oxygen atoms in total. The maximum Gasteiger partial charge on any atom is 0.295 e. The van der Waals surface area contributed by atoms with Gasteiger partial charge in [0.15, 0.2) is 0 Å². The van der Waals surface area contributed by atoms with Crippen LogP contribution in [0.1, 0.15) is 26.6 Å². The number of carbonyl (C=O) groups is 2. The number of aryl methyl sites for hydroxylation is 2. The monoisotopic (exact) mass is 325 g/mol.